The van der Waals surface area contributed by atoms with Crippen molar-refractivity contribution in [3.8, 4) is 0 Å². The number of benzene rings is 2. The molecule has 0 amide bonds. The lowest BCUT2D eigenvalue weighted by molar-refractivity contribution is 0.313. The molecule has 1 aliphatic heterocycles. The minimum Gasteiger partial charge on any atom is -0.369 e. The smallest absolute Gasteiger partial charge is 0.252 e. The van der Waals surface area contributed by atoms with Crippen LogP contribution in [0.1, 0.15) is 5.56 Å². The first-order valence-corrected chi connectivity index (χ1v) is 11.4. The van der Waals surface area contributed by atoms with E-state index in [1.54, 1.807) is 16.8 Å². The minimum absolute atomic E-state index is 0.136. The van der Waals surface area contributed by atoms with Crippen LogP contribution in [0.4, 0.5) is 17.3 Å². The van der Waals surface area contributed by atoms with Crippen molar-refractivity contribution in [3.05, 3.63) is 87.8 Å². The van der Waals surface area contributed by atoms with Crippen molar-refractivity contribution in [2.24, 2.45) is 0 Å². The highest BCUT2D eigenvalue weighted by molar-refractivity contribution is 6.31. The van der Waals surface area contributed by atoms with E-state index in [4.69, 9.17) is 11.6 Å². The number of aromatic nitrogens is 3. The number of halogens is 1. The van der Waals surface area contributed by atoms with Crippen molar-refractivity contribution in [1.29, 1.82) is 0 Å². The third-order valence-corrected chi connectivity index (χ3v) is 6.37. The predicted octanol–water partition coefficient (Wildman–Crippen LogP) is 3.99. The van der Waals surface area contributed by atoms with Crippen molar-refractivity contribution >= 4 is 40.0 Å². The Balaban J connectivity index is 1.40. The quantitative estimate of drug-likeness (QED) is 0.486. The van der Waals surface area contributed by atoms with E-state index >= 15 is 0 Å². The van der Waals surface area contributed by atoms with Gasteiger partial charge in [0.2, 0.25) is 5.95 Å². The van der Waals surface area contributed by atoms with Crippen LogP contribution in [-0.4, -0.2) is 52.7 Å². The number of likely N-dealkylation sites (N-methyl/N-ethyl adjacent to an activating group) is 1. The van der Waals surface area contributed by atoms with Gasteiger partial charge >= 0.3 is 0 Å². The van der Waals surface area contributed by atoms with Crippen LogP contribution in [0.2, 0.25) is 5.02 Å². The largest absolute Gasteiger partial charge is 0.369 e. The Bertz CT molecular complexity index is 1330. The van der Waals surface area contributed by atoms with Gasteiger partial charge in [0.25, 0.3) is 5.56 Å². The summed E-state index contributed by atoms with van der Waals surface area (Å²) in [4.78, 5) is 26.5. The number of anilines is 3. The molecule has 2 aromatic heterocycles. The fourth-order valence-corrected chi connectivity index (χ4v) is 4.23. The Hall–Kier alpha value is -3.42. The SMILES string of the molecule is CN1CCN(c2ccc(Nc3ncc4ccc(=O)n(Cc5ccccc5Cl)c4n3)cc2)CC1. The molecule has 4 aromatic rings. The van der Waals surface area contributed by atoms with E-state index in [-0.39, 0.29) is 5.56 Å². The number of nitrogens with zero attached hydrogens (tertiary/aromatic N) is 5. The molecule has 1 aliphatic rings. The fourth-order valence-electron chi connectivity index (χ4n) is 4.03. The number of hydrogen-bond donors (Lipinski definition) is 1. The first-order chi connectivity index (χ1) is 16.1. The summed E-state index contributed by atoms with van der Waals surface area (Å²) in [6.07, 6.45) is 1.73. The molecule has 2 aromatic carbocycles. The van der Waals surface area contributed by atoms with E-state index in [9.17, 15) is 4.79 Å². The van der Waals surface area contributed by atoms with Crippen LogP contribution in [0.25, 0.3) is 11.0 Å². The van der Waals surface area contributed by atoms with Crippen LogP contribution in [0.15, 0.2) is 71.7 Å². The molecule has 1 N–H and O–H groups in total. The minimum atomic E-state index is -0.136. The van der Waals surface area contributed by atoms with Gasteiger partial charge in [0.05, 0.1) is 6.54 Å². The molecule has 7 nitrogen and oxygen atoms in total. The second kappa shape index (κ2) is 9.21. The van der Waals surface area contributed by atoms with Crippen molar-refractivity contribution in [2.75, 3.05) is 43.4 Å². The zero-order chi connectivity index (χ0) is 22.8. The summed E-state index contributed by atoms with van der Waals surface area (Å²) in [6.45, 7) is 4.54. The Morgan fingerprint density at radius 3 is 2.48 bits per heavy atom. The Labute approximate surface area is 197 Å². The molecule has 0 spiro atoms. The van der Waals surface area contributed by atoms with Gasteiger partial charge in [-0.05, 0) is 49.0 Å². The zero-order valence-corrected chi connectivity index (χ0v) is 19.2. The second-order valence-corrected chi connectivity index (χ2v) is 8.69. The summed E-state index contributed by atoms with van der Waals surface area (Å²) in [5.74, 6) is 0.438. The van der Waals surface area contributed by atoms with Crippen molar-refractivity contribution in [2.45, 2.75) is 6.54 Å². The van der Waals surface area contributed by atoms with E-state index in [2.05, 4.69) is 44.3 Å². The number of fused-ring (bicyclic) bond motifs is 1. The topological polar surface area (TPSA) is 66.3 Å². The molecule has 0 saturated carbocycles. The molecule has 0 atom stereocenters. The molecule has 168 valence electrons. The molecular formula is C25H25ClN6O. The summed E-state index contributed by atoms with van der Waals surface area (Å²) >= 11 is 6.33. The second-order valence-electron chi connectivity index (χ2n) is 8.28. The fraction of sp³-hybridized carbons (Fsp3) is 0.240. The van der Waals surface area contributed by atoms with Crippen LogP contribution in [0.3, 0.4) is 0 Å². The highest BCUT2D eigenvalue weighted by Crippen LogP contribution is 2.22. The number of hydrogen-bond acceptors (Lipinski definition) is 6. The van der Waals surface area contributed by atoms with E-state index in [0.717, 1.165) is 42.8 Å². The third-order valence-electron chi connectivity index (χ3n) is 6.00. The van der Waals surface area contributed by atoms with Crippen LogP contribution in [0.5, 0.6) is 0 Å². The molecule has 33 heavy (non-hydrogen) atoms. The van der Waals surface area contributed by atoms with E-state index in [1.165, 1.54) is 11.8 Å². The van der Waals surface area contributed by atoms with E-state index in [0.29, 0.717) is 23.2 Å². The first-order valence-electron chi connectivity index (χ1n) is 11.0. The predicted molar refractivity (Wildman–Crippen MR) is 134 cm³/mol. The molecular weight excluding hydrogens is 436 g/mol. The van der Waals surface area contributed by atoms with E-state index in [1.807, 2.05) is 36.4 Å². The van der Waals surface area contributed by atoms with Crippen molar-refractivity contribution < 1.29 is 0 Å². The average molecular weight is 461 g/mol. The number of rotatable bonds is 5. The molecule has 0 bridgehead atoms. The summed E-state index contributed by atoms with van der Waals surface area (Å²) in [5.41, 5.74) is 3.39. The lowest BCUT2D eigenvalue weighted by atomic mass is 10.2. The maximum atomic E-state index is 12.7. The molecule has 5 rings (SSSR count). The summed E-state index contributed by atoms with van der Waals surface area (Å²) < 4.78 is 1.62. The Kier molecular flexibility index (Phi) is 5.98. The molecule has 8 heteroatoms. The number of nitrogens with one attached hydrogen (secondary N) is 1. The summed E-state index contributed by atoms with van der Waals surface area (Å²) in [6, 6.07) is 19.1. The number of pyridine rings is 1. The van der Waals surface area contributed by atoms with Crippen LogP contribution >= 0.6 is 11.6 Å². The highest BCUT2D eigenvalue weighted by atomic mass is 35.5. The summed E-state index contributed by atoms with van der Waals surface area (Å²) in [7, 11) is 2.15. The van der Waals surface area contributed by atoms with Gasteiger partial charge in [-0.25, -0.2) is 4.98 Å². The lowest BCUT2D eigenvalue weighted by Crippen LogP contribution is -2.44. The molecule has 0 aliphatic carbocycles. The van der Waals surface area contributed by atoms with Gasteiger partial charge < -0.3 is 15.1 Å². The molecule has 0 unspecified atom stereocenters. The van der Waals surface area contributed by atoms with Gasteiger partial charge in [-0.15, -0.1) is 0 Å². The van der Waals surface area contributed by atoms with Gasteiger partial charge in [0.1, 0.15) is 5.65 Å². The van der Waals surface area contributed by atoms with Crippen LogP contribution in [-0.2, 0) is 6.54 Å². The molecule has 1 saturated heterocycles. The Morgan fingerprint density at radius 2 is 1.73 bits per heavy atom. The Morgan fingerprint density at radius 1 is 0.970 bits per heavy atom. The lowest BCUT2D eigenvalue weighted by Gasteiger charge is -2.34. The maximum Gasteiger partial charge on any atom is 0.252 e. The summed E-state index contributed by atoms with van der Waals surface area (Å²) in [5, 5.41) is 4.67. The van der Waals surface area contributed by atoms with E-state index < -0.39 is 0 Å². The highest BCUT2D eigenvalue weighted by Gasteiger charge is 2.14. The van der Waals surface area contributed by atoms with Crippen LogP contribution < -0.4 is 15.8 Å². The zero-order valence-electron chi connectivity index (χ0n) is 18.4. The van der Waals surface area contributed by atoms with Crippen molar-refractivity contribution in [3.63, 3.8) is 0 Å². The average Bonchev–Trinajstić information content (AvgIpc) is 2.83. The van der Waals surface area contributed by atoms with Gasteiger partial charge in [-0.1, -0.05) is 29.8 Å². The van der Waals surface area contributed by atoms with Gasteiger partial charge in [0, 0.05) is 60.2 Å². The first kappa shape index (κ1) is 21.4. The monoisotopic (exact) mass is 460 g/mol. The molecule has 3 heterocycles. The molecule has 1 fully saturated rings. The number of piperazine rings is 1. The standard InChI is InChI=1S/C25H25ClN6O/c1-30-12-14-31(15-13-30)21-9-7-20(8-10-21)28-25-27-16-18-6-11-23(33)32(24(18)29-25)17-19-4-2-3-5-22(19)26/h2-11,16H,12-15,17H2,1H3,(H,27,28,29). The molecule has 0 radical (unpaired) electrons. The maximum absolute atomic E-state index is 12.7. The van der Waals surface area contributed by atoms with Crippen LogP contribution in [0, 0.1) is 0 Å². The normalized spacial score (nSPS) is 14.5. The third kappa shape index (κ3) is 4.69. The van der Waals surface area contributed by atoms with Gasteiger partial charge in [0.15, 0.2) is 0 Å². The van der Waals surface area contributed by atoms with Gasteiger partial charge in [-0.3, -0.25) is 9.36 Å². The van der Waals surface area contributed by atoms with Gasteiger partial charge in [-0.2, -0.15) is 4.98 Å². The van der Waals surface area contributed by atoms with Crippen molar-refractivity contribution in [1.82, 2.24) is 19.4 Å².